The van der Waals surface area contributed by atoms with E-state index in [1.807, 2.05) is 12.4 Å². The third-order valence-corrected chi connectivity index (χ3v) is 3.63. The zero-order valence-electron chi connectivity index (χ0n) is 9.69. The van der Waals surface area contributed by atoms with Gasteiger partial charge in [0.2, 0.25) is 0 Å². The van der Waals surface area contributed by atoms with Gasteiger partial charge in [0, 0.05) is 18.9 Å². The van der Waals surface area contributed by atoms with E-state index in [0.717, 1.165) is 18.3 Å². The van der Waals surface area contributed by atoms with Gasteiger partial charge in [-0.2, -0.15) is 0 Å². The summed E-state index contributed by atoms with van der Waals surface area (Å²) in [5, 5.41) is 0. The Morgan fingerprint density at radius 1 is 1.60 bits per heavy atom. The minimum atomic E-state index is 0.130. The van der Waals surface area contributed by atoms with Crippen molar-refractivity contribution in [3.05, 3.63) is 18.2 Å². The Bertz CT molecular complexity index is 318. The van der Waals surface area contributed by atoms with Crippen molar-refractivity contribution in [3.63, 3.8) is 0 Å². The van der Waals surface area contributed by atoms with Crippen LogP contribution in [0.2, 0.25) is 0 Å². The first kappa shape index (κ1) is 10.7. The maximum absolute atomic E-state index is 6.30. The van der Waals surface area contributed by atoms with Crippen LogP contribution in [0.3, 0.4) is 0 Å². The zero-order valence-corrected chi connectivity index (χ0v) is 9.69. The SMILES string of the molecule is CCn1ccnc1C(N)C1CCC(C)C1. The van der Waals surface area contributed by atoms with E-state index in [2.05, 4.69) is 23.4 Å². The Kier molecular flexibility index (Phi) is 3.10. The number of hydrogen-bond acceptors (Lipinski definition) is 2. The first-order valence-corrected chi connectivity index (χ1v) is 5.99. The van der Waals surface area contributed by atoms with Crippen LogP contribution in [0.5, 0.6) is 0 Å². The van der Waals surface area contributed by atoms with Gasteiger partial charge in [0.25, 0.3) is 0 Å². The van der Waals surface area contributed by atoms with Crippen LogP contribution in [0.25, 0.3) is 0 Å². The molecule has 84 valence electrons. The third kappa shape index (κ3) is 2.07. The number of nitrogens with two attached hydrogens (primary N) is 1. The quantitative estimate of drug-likeness (QED) is 0.826. The summed E-state index contributed by atoms with van der Waals surface area (Å²) in [6, 6.07) is 0.130. The van der Waals surface area contributed by atoms with Crippen LogP contribution in [0.1, 0.15) is 45.0 Å². The molecule has 2 N–H and O–H groups in total. The molecular weight excluding hydrogens is 186 g/mol. The second-order valence-electron chi connectivity index (χ2n) is 4.78. The van der Waals surface area contributed by atoms with Gasteiger partial charge in [-0.15, -0.1) is 0 Å². The second-order valence-corrected chi connectivity index (χ2v) is 4.78. The first-order chi connectivity index (χ1) is 7.22. The maximum Gasteiger partial charge on any atom is 0.125 e. The molecule has 0 spiro atoms. The topological polar surface area (TPSA) is 43.8 Å². The van der Waals surface area contributed by atoms with Crippen molar-refractivity contribution in [1.29, 1.82) is 0 Å². The number of rotatable bonds is 3. The van der Waals surface area contributed by atoms with Crippen LogP contribution >= 0.6 is 0 Å². The van der Waals surface area contributed by atoms with Crippen molar-refractivity contribution >= 4 is 0 Å². The van der Waals surface area contributed by atoms with E-state index in [4.69, 9.17) is 5.73 Å². The highest BCUT2D eigenvalue weighted by Gasteiger charge is 2.29. The highest BCUT2D eigenvalue weighted by molar-refractivity contribution is 5.01. The van der Waals surface area contributed by atoms with Crippen LogP contribution in [0.4, 0.5) is 0 Å². The van der Waals surface area contributed by atoms with Crippen LogP contribution in [0.15, 0.2) is 12.4 Å². The lowest BCUT2D eigenvalue weighted by atomic mass is 9.97. The fourth-order valence-electron chi connectivity index (χ4n) is 2.67. The predicted molar refractivity (Wildman–Crippen MR) is 61.3 cm³/mol. The van der Waals surface area contributed by atoms with Crippen molar-refractivity contribution in [2.75, 3.05) is 0 Å². The summed E-state index contributed by atoms with van der Waals surface area (Å²) in [5.74, 6) is 2.54. The van der Waals surface area contributed by atoms with Crippen LogP contribution < -0.4 is 5.73 Å². The van der Waals surface area contributed by atoms with Gasteiger partial charge in [-0.05, 0) is 31.6 Å². The van der Waals surface area contributed by atoms with Gasteiger partial charge in [0.15, 0.2) is 0 Å². The number of nitrogens with zero attached hydrogens (tertiary/aromatic N) is 2. The number of imidazole rings is 1. The van der Waals surface area contributed by atoms with E-state index in [1.54, 1.807) is 0 Å². The van der Waals surface area contributed by atoms with E-state index in [9.17, 15) is 0 Å². The van der Waals surface area contributed by atoms with Gasteiger partial charge in [-0.3, -0.25) is 0 Å². The molecule has 3 atom stereocenters. The fourth-order valence-corrected chi connectivity index (χ4v) is 2.67. The van der Waals surface area contributed by atoms with Crippen molar-refractivity contribution in [2.45, 2.75) is 45.7 Å². The molecule has 0 bridgehead atoms. The standard InChI is InChI=1S/C12H21N3/c1-3-15-7-6-14-12(15)11(13)10-5-4-9(2)8-10/h6-7,9-11H,3-5,8,13H2,1-2H3. The van der Waals surface area contributed by atoms with E-state index >= 15 is 0 Å². The van der Waals surface area contributed by atoms with Gasteiger partial charge in [-0.25, -0.2) is 4.98 Å². The van der Waals surface area contributed by atoms with Crippen molar-refractivity contribution in [1.82, 2.24) is 9.55 Å². The third-order valence-electron chi connectivity index (χ3n) is 3.63. The summed E-state index contributed by atoms with van der Waals surface area (Å²) >= 11 is 0. The van der Waals surface area contributed by atoms with Crippen molar-refractivity contribution in [3.8, 4) is 0 Å². The Morgan fingerprint density at radius 2 is 2.40 bits per heavy atom. The largest absolute Gasteiger partial charge is 0.334 e. The Labute approximate surface area is 91.7 Å². The molecule has 1 fully saturated rings. The molecule has 3 nitrogen and oxygen atoms in total. The molecule has 1 aromatic heterocycles. The number of hydrogen-bond donors (Lipinski definition) is 1. The molecule has 1 heterocycles. The zero-order chi connectivity index (χ0) is 10.8. The first-order valence-electron chi connectivity index (χ1n) is 5.99. The van der Waals surface area contributed by atoms with Crippen LogP contribution in [-0.4, -0.2) is 9.55 Å². The average molecular weight is 207 g/mol. The molecule has 0 radical (unpaired) electrons. The summed E-state index contributed by atoms with van der Waals surface area (Å²) < 4.78 is 2.16. The molecule has 1 aromatic rings. The van der Waals surface area contributed by atoms with E-state index in [-0.39, 0.29) is 6.04 Å². The molecule has 1 aliphatic carbocycles. The Morgan fingerprint density at radius 3 is 3.00 bits per heavy atom. The number of aryl methyl sites for hydroxylation is 1. The monoisotopic (exact) mass is 207 g/mol. The van der Waals surface area contributed by atoms with Crippen molar-refractivity contribution in [2.24, 2.45) is 17.6 Å². The smallest absolute Gasteiger partial charge is 0.125 e. The molecule has 0 aliphatic heterocycles. The van der Waals surface area contributed by atoms with Crippen LogP contribution in [-0.2, 0) is 6.54 Å². The molecule has 3 heteroatoms. The molecule has 3 unspecified atom stereocenters. The lowest BCUT2D eigenvalue weighted by molar-refractivity contribution is 0.402. The molecule has 1 aliphatic rings. The molecule has 0 aromatic carbocycles. The van der Waals surface area contributed by atoms with Gasteiger partial charge in [0.05, 0.1) is 6.04 Å². The molecule has 15 heavy (non-hydrogen) atoms. The highest BCUT2D eigenvalue weighted by Crippen LogP contribution is 2.37. The normalized spacial score (nSPS) is 28.2. The summed E-state index contributed by atoms with van der Waals surface area (Å²) in [4.78, 5) is 4.39. The predicted octanol–water partition coefficient (Wildman–Crippen LogP) is 2.34. The summed E-state index contributed by atoms with van der Waals surface area (Å²) in [7, 11) is 0. The van der Waals surface area contributed by atoms with Gasteiger partial charge in [-0.1, -0.05) is 13.3 Å². The molecule has 0 amide bonds. The summed E-state index contributed by atoms with van der Waals surface area (Å²) in [6.45, 7) is 5.42. The van der Waals surface area contributed by atoms with Crippen molar-refractivity contribution < 1.29 is 0 Å². The Hall–Kier alpha value is -0.830. The van der Waals surface area contributed by atoms with Gasteiger partial charge < -0.3 is 10.3 Å². The van der Waals surface area contributed by atoms with E-state index in [1.165, 1.54) is 19.3 Å². The molecule has 0 saturated heterocycles. The van der Waals surface area contributed by atoms with Gasteiger partial charge >= 0.3 is 0 Å². The minimum Gasteiger partial charge on any atom is -0.334 e. The molecule has 2 rings (SSSR count). The summed E-state index contributed by atoms with van der Waals surface area (Å²) in [5.41, 5.74) is 6.30. The average Bonchev–Trinajstić information content (AvgIpc) is 2.84. The second kappa shape index (κ2) is 4.35. The Balaban J connectivity index is 2.10. The fraction of sp³-hybridized carbons (Fsp3) is 0.750. The summed E-state index contributed by atoms with van der Waals surface area (Å²) in [6.07, 6.45) is 7.73. The molecule has 1 saturated carbocycles. The lowest BCUT2D eigenvalue weighted by Crippen LogP contribution is -2.23. The van der Waals surface area contributed by atoms with E-state index in [0.29, 0.717) is 5.92 Å². The van der Waals surface area contributed by atoms with Crippen LogP contribution in [0, 0.1) is 11.8 Å². The van der Waals surface area contributed by atoms with Gasteiger partial charge in [0.1, 0.15) is 5.82 Å². The minimum absolute atomic E-state index is 0.130. The maximum atomic E-state index is 6.30. The number of aromatic nitrogens is 2. The molecular formula is C12H21N3. The lowest BCUT2D eigenvalue weighted by Gasteiger charge is -2.19. The van der Waals surface area contributed by atoms with E-state index < -0.39 is 0 Å². The highest BCUT2D eigenvalue weighted by atomic mass is 15.1.